The van der Waals surface area contributed by atoms with E-state index in [0.717, 1.165) is 11.3 Å². The van der Waals surface area contributed by atoms with Crippen LogP contribution in [-0.4, -0.2) is 31.4 Å². The summed E-state index contributed by atoms with van der Waals surface area (Å²) in [6.45, 7) is 0.502. The van der Waals surface area contributed by atoms with Gasteiger partial charge >= 0.3 is 0 Å². The molecule has 2 unspecified atom stereocenters. The van der Waals surface area contributed by atoms with Crippen LogP contribution in [0.5, 0.6) is 0 Å². The fourth-order valence-corrected chi connectivity index (χ4v) is 3.95. The van der Waals surface area contributed by atoms with E-state index in [1.165, 1.54) is 17.0 Å². The number of hydrogen-bond acceptors (Lipinski definition) is 4. The van der Waals surface area contributed by atoms with Crippen LogP contribution < -0.4 is 5.32 Å². The Labute approximate surface area is 162 Å². The molecule has 4 nitrogen and oxygen atoms in total. The molecular formula is C21H23FN2O2S. The molecule has 0 radical (unpaired) electrons. The molecule has 2 heterocycles. The van der Waals surface area contributed by atoms with Gasteiger partial charge in [0.15, 0.2) is 0 Å². The summed E-state index contributed by atoms with van der Waals surface area (Å²) in [5.41, 5.74) is 0.767. The highest BCUT2D eigenvalue weighted by Crippen LogP contribution is 2.25. The zero-order valence-electron chi connectivity index (χ0n) is 15.4. The zero-order chi connectivity index (χ0) is 19.2. The zero-order valence-corrected chi connectivity index (χ0v) is 16.2. The molecule has 3 rings (SSSR count). The van der Waals surface area contributed by atoms with Crippen LogP contribution in [0.4, 0.5) is 4.39 Å². The predicted octanol–water partition coefficient (Wildman–Crippen LogP) is 4.23. The highest BCUT2D eigenvalue weighted by molar-refractivity contribution is 7.10. The van der Waals surface area contributed by atoms with Crippen molar-refractivity contribution in [3.05, 3.63) is 82.2 Å². The van der Waals surface area contributed by atoms with Crippen molar-refractivity contribution in [3.63, 3.8) is 0 Å². The van der Waals surface area contributed by atoms with Gasteiger partial charge < -0.3 is 14.6 Å². The number of nitrogens with zero attached hydrogens (tertiary/aromatic N) is 1. The second kappa shape index (κ2) is 8.97. The molecule has 27 heavy (non-hydrogen) atoms. The van der Waals surface area contributed by atoms with Crippen molar-refractivity contribution in [2.45, 2.75) is 18.4 Å². The fraction of sp³-hybridized carbons (Fsp3) is 0.286. The molecule has 0 aliphatic carbocycles. The summed E-state index contributed by atoms with van der Waals surface area (Å²) >= 11 is 1.67. The van der Waals surface area contributed by atoms with Crippen molar-refractivity contribution in [1.29, 1.82) is 0 Å². The van der Waals surface area contributed by atoms with E-state index in [-0.39, 0.29) is 17.8 Å². The largest absolute Gasteiger partial charge is 0.469 e. The van der Waals surface area contributed by atoms with E-state index in [2.05, 4.69) is 16.3 Å². The first-order valence-corrected chi connectivity index (χ1v) is 9.68. The number of benzene rings is 1. The maximum atomic E-state index is 13.3. The summed E-state index contributed by atoms with van der Waals surface area (Å²) in [6.07, 6.45) is 2.02. The number of nitrogens with one attached hydrogen (secondary N) is 1. The van der Waals surface area contributed by atoms with Crippen LogP contribution in [0.3, 0.4) is 0 Å². The number of likely N-dealkylation sites (N-methyl/N-ethyl adjacent to an activating group) is 1. The summed E-state index contributed by atoms with van der Waals surface area (Å²) in [5.74, 6) is -0.132. The van der Waals surface area contributed by atoms with E-state index in [4.69, 9.17) is 4.42 Å². The Morgan fingerprint density at radius 2 is 1.96 bits per heavy atom. The molecule has 1 aromatic carbocycles. The number of thiophene rings is 1. The van der Waals surface area contributed by atoms with Crippen molar-refractivity contribution in [2.24, 2.45) is 0 Å². The highest BCUT2D eigenvalue weighted by atomic mass is 32.1. The van der Waals surface area contributed by atoms with Crippen LogP contribution in [-0.2, 0) is 11.2 Å². The Balaban J connectivity index is 1.75. The highest BCUT2D eigenvalue weighted by Gasteiger charge is 2.24. The average Bonchev–Trinajstić information content (AvgIpc) is 3.34. The number of carbonyl (C=O) groups excluding carboxylic acids is 1. The summed E-state index contributed by atoms with van der Waals surface area (Å²) in [6, 6.07) is 13.9. The molecule has 142 valence electrons. The molecule has 1 N–H and O–H groups in total. The van der Waals surface area contributed by atoms with Crippen molar-refractivity contribution < 1.29 is 13.6 Å². The van der Waals surface area contributed by atoms with E-state index >= 15 is 0 Å². The maximum absolute atomic E-state index is 13.3. The van der Waals surface area contributed by atoms with E-state index in [1.54, 1.807) is 35.8 Å². The molecule has 0 saturated carbocycles. The van der Waals surface area contributed by atoms with E-state index in [9.17, 15) is 9.18 Å². The van der Waals surface area contributed by atoms with E-state index < -0.39 is 5.92 Å². The van der Waals surface area contributed by atoms with Crippen LogP contribution in [0, 0.1) is 5.82 Å². The molecule has 2 atom stereocenters. The molecule has 1 amide bonds. The number of carbonyl (C=O) groups is 1. The quantitative estimate of drug-likeness (QED) is 0.630. The summed E-state index contributed by atoms with van der Waals surface area (Å²) in [7, 11) is 3.99. The Kier molecular flexibility index (Phi) is 6.42. The van der Waals surface area contributed by atoms with Gasteiger partial charge in [0.1, 0.15) is 11.6 Å². The second-order valence-corrected chi connectivity index (χ2v) is 7.61. The third-order valence-corrected chi connectivity index (χ3v) is 5.51. The Morgan fingerprint density at radius 3 is 2.56 bits per heavy atom. The first-order chi connectivity index (χ1) is 13.0. The normalized spacial score (nSPS) is 13.5. The van der Waals surface area contributed by atoms with Crippen molar-refractivity contribution in [3.8, 4) is 0 Å². The predicted molar refractivity (Wildman–Crippen MR) is 105 cm³/mol. The van der Waals surface area contributed by atoms with Gasteiger partial charge in [-0.1, -0.05) is 18.2 Å². The van der Waals surface area contributed by atoms with Crippen molar-refractivity contribution >= 4 is 17.2 Å². The molecule has 6 heteroatoms. The molecule has 0 spiro atoms. The van der Waals surface area contributed by atoms with E-state index in [1.807, 2.05) is 31.6 Å². The maximum Gasteiger partial charge on any atom is 0.228 e. The Hall–Kier alpha value is -2.44. The minimum Gasteiger partial charge on any atom is -0.469 e. The molecule has 0 bridgehead atoms. The summed E-state index contributed by atoms with van der Waals surface area (Å²) < 4.78 is 18.7. The van der Waals surface area contributed by atoms with Gasteiger partial charge in [-0.3, -0.25) is 4.79 Å². The van der Waals surface area contributed by atoms with Gasteiger partial charge in [0.05, 0.1) is 18.2 Å². The van der Waals surface area contributed by atoms with Crippen LogP contribution in [0.15, 0.2) is 64.6 Å². The molecule has 0 aliphatic rings. The van der Waals surface area contributed by atoms with Gasteiger partial charge in [0, 0.05) is 17.8 Å². The Bertz CT molecular complexity index is 830. The van der Waals surface area contributed by atoms with Crippen LogP contribution in [0.25, 0.3) is 0 Å². The van der Waals surface area contributed by atoms with Gasteiger partial charge in [-0.05, 0) is 55.4 Å². The van der Waals surface area contributed by atoms with Gasteiger partial charge in [-0.2, -0.15) is 0 Å². The smallest absolute Gasteiger partial charge is 0.228 e. The molecule has 0 aliphatic heterocycles. The lowest BCUT2D eigenvalue weighted by molar-refractivity contribution is -0.122. The molecule has 2 aromatic heterocycles. The van der Waals surface area contributed by atoms with Gasteiger partial charge in [-0.15, -0.1) is 11.3 Å². The summed E-state index contributed by atoms with van der Waals surface area (Å²) in [4.78, 5) is 16.3. The lowest BCUT2D eigenvalue weighted by Gasteiger charge is -2.25. The fourth-order valence-electron chi connectivity index (χ4n) is 3.03. The number of furan rings is 1. The minimum atomic E-state index is -0.442. The van der Waals surface area contributed by atoms with Gasteiger partial charge in [-0.25, -0.2) is 4.39 Å². The lowest BCUT2D eigenvalue weighted by atomic mass is 9.93. The van der Waals surface area contributed by atoms with Gasteiger partial charge in [0.2, 0.25) is 5.91 Å². The SMILES string of the molecule is CN(C)C(CNC(=O)C(Cc1ccco1)c1ccc(F)cc1)c1cccs1. The number of halogens is 1. The standard InChI is InChI=1S/C21H23FN2O2S/c1-24(2)19(20-6-4-12-27-20)14-23-21(25)18(13-17-5-3-11-26-17)15-7-9-16(22)10-8-15/h3-12,18-19H,13-14H2,1-2H3,(H,23,25). The summed E-state index contributed by atoms with van der Waals surface area (Å²) in [5, 5.41) is 5.10. The second-order valence-electron chi connectivity index (χ2n) is 6.63. The monoisotopic (exact) mass is 386 g/mol. The first-order valence-electron chi connectivity index (χ1n) is 8.80. The topological polar surface area (TPSA) is 45.5 Å². The van der Waals surface area contributed by atoms with Crippen LogP contribution >= 0.6 is 11.3 Å². The molecular weight excluding hydrogens is 363 g/mol. The molecule has 0 fully saturated rings. The lowest BCUT2D eigenvalue weighted by Crippen LogP contribution is -2.37. The number of rotatable bonds is 8. The molecule has 3 aromatic rings. The number of amides is 1. The third-order valence-electron chi connectivity index (χ3n) is 4.54. The minimum absolute atomic E-state index is 0.0959. The van der Waals surface area contributed by atoms with Crippen LogP contribution in [0.1, 0.15) is 28.2 Å². The van der Waals surface area contributed by atoms with Gasteiger partial charge in [0.25, 0.3) is 0 Å². The average molecular weight is 386 g/mol. The first kappa shape index (κ1) is 19.3. The van der Waals surface area contributed by atoms with Crippen LogP contribution in [0.2, 0.25) is 0 Å². The van der Waals surface area contributed by atoms with Crippen molar-refractivity contribution in [1.82, 2.24) is 10.2 Å². The molecule has 0 saturated heterocycles. The van der Waals surface area contributed by atoms with Crippen molar-refractivity contribution in [2.75, 3.05) is 20.6 Å². The van der Waals surface area contributed by atoms with E-state index in [0.29, 0.717) is 13.0 Å². The third kappa shape index (κ3) is 5.05. The number of hydrogen-bond donors (Lipinski definition) is 1. The Morgan fingerprint density at radius 1 is 1.19 bits per heavy atom.